The molecule has 0 bridgehead atoms. The zero-order valence-electron chi connectivity index (χ0n) is 19.7. The normalized spacial score (nSPS) is 10.8. The summed E-state index contributed by atoms with van der Waals surface area (Å²) >= 11 is 0. The number of aromatic nitrogens is 1. The molecule has 0 aliphatic rings. The average molecular weight is 456 g/mol. The van der Waals surface area contributed by atoms with E-state index in [4.69, 9.17) is 4.74 Å². The van der Waals surface area contributed by atoms with Crippen LogP contribution in [-0.4, -0.2) is 29.6 Å². The number of anilines is 1. The Morgan fingerprint density at radius 3 is 2.59 bits per heavy atom. The van der Waals surface area contributed by atoms with Crippen molar-refractivity contribution in [2.45, 2.75) is 26.8 Å². The number of hydrogen-bond acceptors (Lipinski definition) is 3. The molecule has 0 aliphatic carbocycles. The Hall–Kier alpha value is -4.06. The number of carbonyl (C=O) groups is 1. The standard InChI is InChI=1S/C28H29N3O3/c1-19-8-6-10-21(16-19)14-15-31(28(33)29-24-12-4-5-13-25(24)34-3)18-23-17-22-11-7-9-20(2)26(22)30-27(23)32/h4-13,16-17H,14-15,18H2,1-3H3,(H,29,33)(H,30,32). The summed E-state index contributed by atoms with van der Waals surface area (Å²) in [7, 11) is 1.57. The zero-order chi connectivity index (χ0) is 24.1. The molecule has 1 heterocycles. The molecule has 6 heteroatoms. The van der Waals surface area contributed by atoms with Gasteiger partial charge >= 0.3 is 6.03 Å². The molecule has 0 saturated carbocycles. The first-order valence-electron chi connectivity index (χ1n) is 11.3. The summed E-state index contributed by atoms with van der Waals surface area (Å²) in [6.07, 6.45) is 0.672. The van der Waals surface area contributed by atoms with Crippen molar-refractivity contribution in [2.75, 3.05) is 19.0 Å². The van der Waals surface area contributed by atoms with Crippen LogP contribution in [0.5, 0.6) is 5.75 Å². The van der Waals surface area contributed by atoms with Gasteiger partial charge in [-0.1, -0.05) is 60.2 Å². The lowest BCUT2D eigenvalue weighted by molar-refractivity contribution is 0.209. The first-order valence-corrected chi connectivity index (χ1v) is 11.3. The van der Waals surface area contributed by atoms with Gasteiger partial charge in [0.25, 0.3) is 5.56 Å². The molecule has 0 spiro atoms. The summed E-state index contributed by atoms with van der Waals surface area (Å²) < 4.78 is 5.38. The maximum absolute atomic E-state index is 13.3. The molecule has 3 aromatic carbocycles. The highest BCUT2D eigenvalue weighted by Gasteiger charge is 2.18. The summed E-state index contributed by atoms with van der Waals surface area (Å²) in [6.45, 7) is 4.65. The van der Waals surface area contributed by atoms with E-state index in [-0.39, 0.29) is 18.1 Å². The molecule has 174 valence electrons. The average Bonchev–Trinajstić information content (AvgIpc) is 2.83. The number of nitrogens with one attached hydrogen (secondary N) is 2. The van der Waals surface area contributed by atoms with Crippen molar-refractivity contribution in [2.24, 2.45) is 0 Å². The number of nitrogens with zero attached hydrogens (tertiary/aromatic N) is 1. The van der Waals surface area contributed by atoms with Crippen molar-refractivity contribution in [3.8, 4) is 5.75 Å². The molecule has 1 aromatic heterocycles. The monoisotopic (exact) mass is 455 g/mol. The summed E-state index contributed by atoms with van der Waals surface area (Å²) in [5.74, 6) is 0.577. The third-order valence-electron chi connectivity index (χ3n) is 5.91. The minimum atomic E-state index is -0.291. The van der Waals surface area contributed by atoms with Gasteiger partial charge in [-0.15, -0.1) is 0 Å². The number of urea groups is 1. The molecule has 0 saturated heterocycles. The van der Waals surface area contributed by atoms with Crippen LogP contribution in [0.25, 0.3) is 10.9 Å². The van der Waals surface area contributed by atoms with Crippen LogP contribution in [0.2, 0.25) is 0 Å². The first kappa shape index (κ1) is 23.1. The van der Waals surface area contributed by atoms with Gasteiger partial charge in [-0.3, -0.25) is 4.79 Å². The number of amides is 2. The highest BCUT2D eigenvalue weighted by molar-refractivity contribution is 5.91. The molecule has 0 unspecified atom stereocenters. The molecule has 0 atom stereocenters. The van der Waals surface area contributed by atoms with Crippen molar-refractivity contribution in [1.29, 1.82) is 0 Å². The highest BCUT2D eigenvalue weighted by atomic mass is 16.5. The number of H-pyrrole nitrogens is 1. The van der Waals surface area contributed by atoms with E-state index >= 15 is 0 Å². The maximum atomic E-state index is 13.3. The number of ether oxygens (including phenoxy) is 1. The lowest BCUT2D eigenvalue weighted by Gasteiger charge is -2.24. The Kier molecular flexibility index (Phi) is 6.97. The fraction of sp³-hybridized carbons (Fsp3) is 0.214. The van der Waals surface area contributed by atoms with E-state index in [1.165, 1.54) is 5.56 Å². The number of methoxy groups -OCH3 is 1. The van der Waals surface area contributed by atoms with Crippen molar-refractivity contribution < 1.29 is 9.53 Å². The second-order valence-electron chi connectivity index (χ2n) is 8.45. The molecule has 4 aromatic rings. The summed E-state index contributed by atoms with van der Waals surface area (Å²) in [6, 6.07) is 23.0. The zero-order valence-corrected chi connectivity index (χ0v) is 19.7. The van der Waals surface area contributed by atoms with Crippen LogP contribution in [0.4, 0.5) is 10.5 Å². The largest absolute Gasteiger partial charge is 0.495 e. The molecule has 0 aliphatic heterocycles. The number of benzene rings is 3. The van der Waals surface area contributed by atoms with E-state index in [0.29, 0.717) is 30.0 Å². The Balaban J connectivity index is 1.62. The number of carbonyl (C=O) groups excluding carboxylic acids is 1. The van der Waals surface area contributed by atoms with Crippen LogP contribution in [0.3, 0.4) is 0 Å². The molecule has 6 nitrogen and oxygen atoms in total. The second-order valence-corrected chi connectivity index (χ2v) is 8.45. The van der Waals surface area contributed by atoms with Gasteiger partial charge in [0.2, 0.25) is 0 Å². The van der Waals surface area contributed by atoms with E-state index in [9.17, 15) is 9.59 Å². The van der Waals surface area contributed by atoms with Crippen molar-refractivity contribution in [3.05, 3.63) is 105 Å². The van der Waals surface area contributed by atoms with Gasteiger partial charge in [-0.05, 0) is 55.0 Å². The smallest absolute Gasteiger partial charge is 0.322 e. The molecular weight excluding hydrogens is 426 g/mol. The van der Waals surface area contributed by atoms with E-state index in [1.807, 2.05) is 62.4 Å². The van der Waals surface area contributed by atoms with Gasteiger partial charge in [0.05, 0.1) is 24.9 Å². The number of para-hydroxylation sites is 3. The maximum Gasteiger partial charge on any atom is 0.322 e. The second kappa shape index (κ2) is 10.3. The molecule has 0 fully saturated rings. The van der Waals surface area contributed by atoms with E-state index in [1.54, 1.807) is 24.1 Å². The van der Waals surface area contributed by atoms with Crippen molar-refractivity contribution >= 4 is 22.6 Å². The van der Waals surface area contributed by atoms with Gasteiger partial charge in [0.15, 0.2) is 0 Å². The number of hydrogen-bond donors (Lipinski definition) is 2. The minimum Gasteiger partial charge on any atom is -0.495 e. The fourth-order valence-electron chi connectivity index (χ4n) is 4.08. The molecule has 4 rings (SSSR count). The third kappa shape index (κ3) is 5.29. The Morgan fingerprint density at radius 2 is 1.79 bits per heavy atom. The van der Waals surface area contributed by atoms with Crippen LogP contribution in [-0.2, 0) is 13.0 Å². The van der Waals surface area contributed by atoms with Crippen molar-refractivity contribution in [1.82, 2.24) is 9.88 Å². The lowest BCUT2D eigenvalue weighted by Crippen LogP contribution is -2.37. The Morgan fingerprint density at radius 1 is 1.00 bits per heavy atom. The predicted molar refractivity (Wildman–Crippen MR) is 137 cm³/mol. The highest BCUT2D eigenvalue weighted by Crippen LogP contribution is 2.24. The van der Waals surface area contributed by atoms with Crippen LogP contribution in [0.15, 0.2) is 77.6 Å². The Labute approximate surface area is 199 Å². The third-order valence-corrected chi connectivity index (χ3v) is 5.91. The SMILES string of the molecule is COc1ccccc1NC(=O)N(CCc1cccc(C)c1)Cc1cc2cccc(C)c2[nH]c1=O. The number of aromatic amines is 1. The van der Waals surface area contributed by atoms with Gasteiger partial charge in [-0.25, -0.2) is 4.79 Å². The van der Waals surface area contributed by atoms with Gasteiger partial charge in [-0.2, -0.15) is 0 Å². The number of aryl methyl sites for hydroxylation is 2. The summed E-state index contributed by atoms with van der Waals surface area (Å²) in [4.78, 5) is 30.9. The van der Waals surface area contributed by atoms with E-state index < -0.39 is 0 Å². The lowest BCUT2D eigenvalue weighted by atomic mass is 10.1. The van der Waals surface area contributed by atoms with Crippen LogP contribution >= 0.6 is 0 Å². The number of pyridine rings is 1. The van der Waals surface area contributed by atoms with E-state index in [2.05, 4.69) is 22.4 Å². The fourth-order valence-corrected chi connectivity index (χ4v) is 4.08. The van der Waals surface area contributed by atoms with Gasteiger partial charge in [0.1, 0.15) is 5.75 Å². The van der Waals surface area contributed by atoms with Crippen molar-refractivity contribution in [3.63, 3.8) is 0 Å². The molecule has 34 heavy (non-hydrogen) atoms. The van der Waals surface area contributed by atoms with Crippen LogP contribution in [0.1, 0.15) is 22.3 Å². The first-order chi connectivity index (χ1) is 16.4. The topological polar surface area (TPSA) is 74.4 Å². The Bertz CT molecular complexity index is 1380. The molecule has 2 amide bonds. The van der Waals surface area contributed by atoms with Gasteiger partial charge < -0.3 is 19.9 Å². The summed E-state index contributed by atoms with van der Waals surface area (Å²) in [5, 5.41) is 3.89. The van der Waals surface area contributed by atoms with Crippen LogP contribution < -0.4 is 15.6 Å². The number of rotatable bonds is 7. The molecular formula is C28H29N3O3. The molecule has 0 radical (unpaired) electrons. The number of fused-ring (bicyclic) bond motifs is 1. The molecule has 2 N–H and O–H groups in total. The predicted octanol–water partition coefficient (Wildman–Crippen LogP) is 5.43. The van der Waals surface area contributed by atoms with Gasteiger partial charge in [0, 0.05) is 12.1 Å². The minimum absolute atomic E-state index is 0.187. The van der Waals surface area contributed by atoms with E-state index in [0.717, 1.165) is 22.0 Å². The summed E-state index contributed by atoms with van der Waals surface area (Å²) in [5.41, 5.74) is 5.07. The quantitative estimate of drug-likeness (QED) is 0.390. The van der Waals surface area contributed by atoms with Crippen LogP contribution in [0, 0.1) is 13.8 Å².